The molecule has 6 nitrogen and oxygen atoms in total. The van der Waals surface area contributed by atoms with E-state index in [2.05, 4.69) is 5.73 Å². The zero-order valence-electron chi connectivity index (χ0n) is 5.20. The van der Waals surface area contributed by atoms with Gasteiger partial charge >= 0.3 is 5.97 Å². The van der Waals surface area contributed by atoms with Crippen LogP contribution in [0.4, 0.5) is 0 Å². The fourth-order valence-corrected chi connectivity index (χ4v) is 0.304. The normalized spacial score (nSPS) is 11.3. The Labute approximate surface area is 57.1 Å². The highest BCUT2D eigenvalue weighted by atomic mass is 16.4. The van der Waals surface area contributed by atoms with Crippen molar-refractivity contribution in [2.45, 2.75) is 12.5 Å². The van der Waals surface area contributed by atoms with Crippen molar-refractivity contribution in [3.8, 4) is 0 Å². The molecule has 0 heterocycles. The van der Waals surface area contributed by atoms with E-state index in [9.17, 15) is 9.59 Å². The minimum atomic E-state index is -1.21. The molecule has 60 valence electrons. The second-order valence-corrected chi connectivity index (χ2v) is 1.62. The molecule has 0 aliphatic rings. The Morgan fingerprint density at radius 3 is 2.00 bits per heavy atom. The van der Waals surface area contributed by atoms with E-state index >= 15 is 0 Å². The van der Waals surface area contributed by atoms with Crippen molar-refractivity contribution in [1.82, 2.24) is 0 Å². The molecule has 0 spiro atoms. The second-order valence-electron chi connectivity index (χ2n) is 1.62. The molecule has 0 saturated heterocycles. The summed E-state index contributed by atoms with van der Waals surface area (Å²) in [7, 11) is 0. The first-order valence-electron chi connectivity index (χ1n) is 2.30. The van der Waals surface area contributed by atoms with Crippen molar-refractivity contribution in [1.29, 1.82) is 0 Å². The summed E-state index contributed by atoms with van der Waals surface area (Å²) in [5, 5.41) is 8.10. The molecule has 7 N–H and O–H groups in total. The van der Waals surface area contributed by atoms with Crippen molar-refractivity contribution in [2.75, 3.05) is 0 Å². The topological polar surface area (TPSA) is 138 Å². The molecule has 0 aromatic rings. The molecular weight excluding hydrogens is 140 g/mol. The number of hydrogen-bond donors (Lipinski definition) is 3. The Bertz CT molecular complexity index is 135. The number of carbonyl (C=O) groups is 2. The maximum absolute atomic E-state index is 9.99. The number of rotatable bonds is 3. The molecule has 0 aliphatic carbocycles. The van der Waals surface area contributed by atoms with Gasteiger partial charge in [-0.05, 0) is 0 Å². The molecule has 0 aliphatic heterocycles. The fourth-order valence-electron chi connectivity index (χ4n) is 0.304. The lowest BCUT2D eigenvalue weighted by Gasteiger charge is -1.99. The number of carboxylic acid groups (broad SMARTS) is 1. The van der Waals surface area contributed by atoms with E-state index in [0.29, 0.717) is 0 Å². The maximum atomic E-state index is 9.99. The molecule has 1 amide bonds. The summed E-state index contributed by atoms with van der Waals surface area (Å²) in [5.74, 6) is -1.92. The van der Waals surface area contributed by atoms with Crippen LogP contribution >= 0.6 is 0 Å². The van der Waals surface area contributed by atoms with Crippen molar-refractivity contribution in [3.63, 3.8) is 0 Å². The van der Waals surface area contributed by atoms with Gasteiger partial charge in [0.1, 0.15) is 6.04 Å². The summed E-state index contributed by atoms with van der Waals surface area (Å²) in [4.78, 5) is 19.9. The summed E-state index contributed by atoms with van der Waals surface area (Å²) in [5.41, 5.74) is 9.57. The Kier molecular flexibility index (Phi) is 5.48. The third-order valence-corrected chi connectivity index (χ3v) is 0.738. The lowest BCUT2D eigenvalue weighted by molar-refractivity contribution is -0.140. The highest BCUT2D eigenvalue weighted by Gasteiger charge is 2.13. The number of primary amides is 1. The van der Waals surface area contributed by atoms with E-state index in [1.54, 1.807) is 0 Å². The molecule has 0 aromatic heterocycles. The quantitative estimate of drug-likeness (QED) is 0.407. The number of amides is 1. The molecule has 0 saturated carbocycles. The second kappa shape index (κ2) is 4.71. The third kappa shape index (κ3) is 5.01. The molecule has 1 atom stereocenters. The average Bonchev–Trinajstić information content (AvgIpc) is 1.63. The molecular formula is C4H10N2O4. The predicted octanol–water partition coefficient (Wildman–Crippen LogP) is -2.55. The van der Waals surface area contributed by atoms with E-state index in [1.807, 2.05) is 0 Å². The monoisotopic (exact) mass is 150 g/mol. The van der Waals surface area contributed by atoms with E-state index in [1.165, 1.54) is 0 Å². The molecule has 0 unspecified atom stereocenters. The highest BCUT2D eigenvalue weighted by Crippen LogP contribution is 1.84. The summed E-state index contributed by atoms with van der Waals surface area (Å²) < 4.78 is 0. The van der Waals surface area contributed by atoms with E-state index in [4.69, 9.17) is 10.8 Å². The van der Waals surface area contributed by atoms with Gasteiger partial charge in [-0.1, -0.05) is 0 Å². The Morgan fingerprint density at radius 2 is 1.90 bits per heavy atom. The number of hydrogen-bond acceptors (Lipinski definition) is 3. The van der Waals surface area contributed by atoms with Gasteiger partial charge in [-0.3, -0.25) is 9.59 Å². The molecule has 0 bridgehead atoms. The Hall–Kier alpha value is -1.14. The lowest BCUT2D eigenvalue weighted by Crippen LogP contribution is -2.34. The first-order chi connectivity index (χ1) is 4.04. The zero-order valence-corrected chi connectivity index (χ0v) is 5.20. The summed E-state index contributed by atoms with van der Waals surface area (Å²) in [6.45, 7) is 0. The van der Waals surface area contributed by atoms with Crippen molar-refractivity contribution >= 4 is 11.9 Å². The van der Waals surface area contributed by atoms with Crippen molar-refractivity contribution < 1.29 is 20.2 Å². The van der Waals surface area contributed by atoms with Gasteiger partial charge < -0.3 is 22.1 Å². The molecule has 0 rings (SSSR count). The van der Waals surface area contributed by atoms with Gasteiger partial charge in [0.2, 0.25) is 5.91 Å². The Morgan fingerprint density at radius 1 is 1.50 bits per heavy atom. The van der Waals surface area contributed by atoms with Gasteiger partial charge in [0.15, 0.2) is 0 Å². The van der Waals surface area contributed by atoms with Gasteiger partial charge in [-0.25, -0.2) is 0 Å². The van der Waals surface area contributed by atoms with Gasteiger partial charge in [0.25, 0.3) is 0 Å². The van der Waals surface area contributed by atoms with Crippen LogP contribution in [0.2, 0.25) is 0 Å². The van der Waals surface area contributed by atoms with Crippen molar-refractivity contribution in [2.24, 2.45) is 11.5 Å². The minimum absolute atomic E-state index is 0. The van der Waals surface area contributed by atoms with Crippen LogP contribution < -0.4 is 11.5 Å². The first-order valence-corrected chi connectivity index (χ1v) is 2.30. The standard InChI is InChI=1S/C4H8N2O3.H2O/c5-2(4(8)9)1-3(6)7;/h2H,1,5H2,(H2,6,7)(H,8,9);1H2/t2-;/m1./s1. The van der Waals surface area contributed by atoms with Crippen LogP contribution in [-0.4, -0.2) is 28.5 Å². The van der Waals surface area contributed by atoms with Gasteiger partial charge in [0.05, 0.1) is 6.42 Å². The van der Waals surface area contributed by atoms with Crippen LogP contribution in [0.5, 0.6) is 0 Å². The molecule has 0 aromatic carbocycles. The fraction of sp³-hybridized carbons (Fsp3) is 0.500. The van der Waals surface area contributed by atoms with Crippen LogP contribution in [-0.2, 0) is 9.59 Å². The highest BCUT2D eigenvalue weighted by molar-refractivity contribution is 5.82. The molecule has 6 heteroatoms. The van der Waals surface area contributed by atoms with Crippen LogP contribution in [0.15, 0.2) is 0 Å². The van der Waals surface area contributed by atoms with Gasteiger partial charge in [-0.15, -0.1) is 0 Å². The van der Waals surface area contributed by atoms with Crippen LogP contribution in [0.25, 0.3) is 0 Å². The van der Waals surface area contributed by atoms with E-state index in [-0.39, 0.29) is 11.9 Å². The predicted molar refractivity (Wildman–Crippen MR) is 33.0 cm³/mol. The summed E-state index contributed by atoms with van der Waals surface area (Å²) in [6.07, 6.45) is -0.310. The van der Waals surface area contributed by atoms with Crippen LogP contribution in [0, 0.1) is 0 Å². The number of carbonyl (C=O) groups excluding carboxylic acids is 1. The summed E-state index contributed by atoms with van der Waals surface area (Å²) >= 11 is 0. The van der Waals surface area contributed by atoms with Crippen LogP contribution in [0.1, 0.15) is 6.42 Å². The van der Waals surface area contributed by atoms with E-state index < -0.39 is 17.9 Å². The number of aliphatic carboxylic acids is 1. The lowest BCUT2D eigenvalue weighted by atomic mass is 10.2. The zero-order chi connectivity index (χ0) is 7.44. The van der Waals surface area contributed by atoms with Crippen LogP contribution in [0.3, 0.4) is 0 Å². The summed E-state index contributed by atoms with van der Waals surface area (Å²) in [6, 6.07) is -1.16. The van der Waals surface area contributed by atoms with Gasteiger partial charge in [-0.2, -0.15) is 0 Å². The number of nitrogens with two attached hydrogens (primary N) is 2. The largest absolute Gasteiger partial charge is 0.480 e. The van der Waals surface area contributed by atoms with Crippen molar-refractivity contribution in [3.05, 3.63) is 0 Å². The molecule has 10 heavy (non-hydrogen) atoms. The average molecular weight is 150 g/mol. The SMILES string of the molecule is NC(=O)C[C@@H](N)C(=O)O.O. The Balaban J connectivity index is 0. The third-order valence-electron chi connectivity index (χ3n) is 0.738. The first kappa shape index (κ1) is 11.6. The minimum Gasteiger partial charge on any atom is -0.480 e. The molecule has 0 fully saturated rings. The maximum Gasteiger partial charge on any atom is 0.321 e. The van der Waals surface area contributed by atoms with E-state index in [0.717, 1.165) is 0 Å². The smallest absolute Gasteiger partial charge is 0.321 e. The van der Waals surface area contributed by atoms with Gasteiger partial charge in [0, 0.05) is 0 Å². The number of carboxylic acids is 1. The molecule has 0 radical (unpaired) electrons.